The maximum Gasteiger partial charge on any atom is 0.435 e. The lowest BCUT2D eigenvalue weighted by Crippen LogP contribution is -2.08. The standard InChI is InChI=1S/C6H5F3N6/c1-15-2-3(5-10-13-14-11-5)4(12-15)6(7,8)9/h2H,1H3,(H,10,11,13,14). The first-order chi connectivity index (χ1) is 6.98. The summed E-state index contributed by atoms with van der Waals surface area (Å²) in [5.74, 6) is -0.129. The van der Waals surface area contributed by atoms with Gasteiger partial charge < -0.3 is 0 Å². The summed E-state index contributed by atoms with van der Waals surface area (Å²) in [6.45, 7) is 0. The number of rotatable bonds is 1. The average Bonchev–Trinajstić information content (AvgIpc) is 2.68. The third-order valence-electron chi connectivity index (χ3n) is 1.68. The molecule has 2 heterocycles. The van der Waals surface area contributed by atoms with E-state index in [1.807, 2.05) is 0 Å². The number of alkyl halides is 3. The van der Waals surface area contributed by atoms with Crippen molar-refractivity contribution in [1.29, 1.82) is 0 Å². The molecule has 15 heavy (non-hydrogen) atoms. The fraction of sp³-hybridized carbons (Fsp3) is 0.333. The van der Waals surface area contributed by atoms with E-state index < -0.39 is 11.9 Å². The number of nitrogens with zero attached hydrogens (tertiary/aromatic N) is 5. The summed E-state index contributed by atoms with van der Waals surface area (Å²) in [5.41, 5.74) is -1.22. The normalized spacial score (nSPS) is 12.0. The van der Waals surface area contributed by atoms with Crippen LogP contribution >= 0.6 is 0 Å². The Labute approximate surface area is 81.1 Å². The molecule has 80 valence electrons. The van der Waals surface area contributed by atoms with Gasteiger partial charge in [0.05, 0.1) is 5.56 Å². The van der Waals surface area contributed by atoms with E-state index in [1.54, 1.807) is 0 Å². The van der Waals surface area contributed by atoms with Crippen molar-refractivity contribution < 1.29 is 13.2 Å². The number of aromatic nitrogens is 6. The molecule has 0 fully saturated rings. The van der Waals surface area contributed by atoms with Gasteiger partial charge >= 0.3 is 6.18 Å². The number of H-pyrrole nitrogens is 1. The minimum atomic E-state index is -4.53. The van der Waals surface area contributed by atoms with Gasteiger partial charge in [-0.1, -0.05) is 0 Å². The minimum Gasteiger partial charge on any atom is -0.274 e. The Morgan fingerprint density at radius 3 is 2.67 bits per heavy atom. The van der Waals surface area contributed by atoms with Gasteiger partial charge in [-0.25, -0.2) is 0 Å². The number of tetrazole rings is 1. The van der Waals surface area contributed by atoms with Gasteiger partial charge in [-0.05, 0) is 5.21 Å². The lowest BCUT2D eigenvalue weighted by Gasteiger charge is -2.02. The molecule has 0 atom stereocenters. The van der Waals surface area contributed by atoms with Crippen molar-refractivity contribution in [2.24, 2.45) is 7.05 Å². The molecule has 0 amide bonds. The summed E-state index contributed by atoms with van der Waals surface area (Å²) in [4.78, 5) is 0. The predicted octanol–water partition coefficient (Wildman–Crippen LogP) is 0.619. The second-order valence-corrected chi connectivity index (χ2v) is 2.80. The van der Waals surface area contributed by atoms with Crippen LogP contribution in [-0.4, -0.2) is 30.4 Å². The molecule has 0 bridgehead atoms. The summed E-state index contributed by atoms with van der Waals surface area (Å²) in [5, 5.41) is 15.5. The number of hydrogen-bond acceptors (Lipinski definition) is 4. The smallest absolute Gasteiger partial charge is 0.274 e. The number of aromatic amines is 1. The summed E-state index contributed by atoms with van der Waals surface area (Å²) < 4.78 is 38.5. The number of hydrogen-bond donors (Lipinski definition) is 1. The molecule has 1 N–H and O–H groups in total. The molecular weight excluding hydrogens is 213 g/mol. The summed E-state index contributed by atoms with van der Waals surface area (Å²) in [6, 6.07) is 0. The largest absolute Gasteiger partial charge is 0.435 e. The molecular formula is C6H5F3N6. The topological polar surface area (TPSA) is 72.3 Å². The Hall–Kier alpha value is -1.93. The van der Waals surface area contributed by atoms with Crippen LogP contribution in [-0.2, 0) is 13.2 Å². The van der Waals surface area contributed by atoms with Gasteiger partial charge in [0.15, 0.2) is 5.69 Å². The van der Waals surface area contributed by atoms with E-state index in [4.69, 9.17) is 0 Å². The first-order valence-electron chi connectivity index (χ1n) is 3.83. The highest BCUT2D eigenvalue weighted by molar-refractivity contribution is 5.56. The van der Waals surface area contributed by atoms with Crippen molar-refractivity contribution >= 4 is 0 Å². The highest BCUT2D eigenvalue weighted by Gasteiger charge is 2.38. The second kappa shape index (κ2) is 3.04. The Morgan fingerprint density at radius 2 is 2.13 bits per heavy atom. The van der Waals surface area contributed by atoms with E-state index in [0.29, 0.717) is 0 Å². The maximum atomic E-state index is 12.5. The van der Waals surface area contributed by atoms with Crippen molar-refractivity contribution in [3.8, 4) is 11.4 Å². The fourth-order valence-corrected chi connectivity index (χ4v) is 1.14. The zero-order valence-corrected chi connectivity index (χ0v) is 7.45. The van der Waals surface area contributed by atoms with E-state index in [9.17, 15) is 13.2 Å². The van der Waals surface area contributed by atoms with Crippen LogP contribution in [0.2, 0.25) is 0 Å². The molecule has 0 aliphatic rings. The molecule has 0 aliphatic heterocycles. The van der Waals surface area contributed by atoms with Gasteiger partial charge in [0.1, 0.15) is 0 Å². The third-order valence-corrected chi connectivity index (χ3v) is 1.68. The molecule has 9 heteroatoms. The van der Waals surface area contributed by atoms with Gasteiger partial charge in [-0.2, -0.15) is 23.5 Å². The van der Waals surface area contributed by atoms with Crippen molar-refractivity contribution in [1.82, 2.24) is 30.4 Å². The van der Waals surface area contributed by atoms with Gasteiger partial charge in [0, 0.05) is 13.2 Å². The zero-order valence-electron chi connectivity index (χ0n) is 7.45. The highest BCUT2D eigenvalue weighted by atomic mass is 19.4. The fourth-order valence-electron chi connectivity index (χ4n) is 1.14. The van der Waals surface area contributed by atoms with Crippen LogP contribution in [0.4, 0.5) is 13.2 Å². The monoisotopic (exact) mass is 218 g/mol. The Bertz CT molecular complexity index is 456. The molecule has 0 aliphatic carbocycles. The molecule has 0 saturated heterocycles. The van der Waals surface area contributed by atoms with E-state index in [0.717, 1.165) is 4.68 Å². The zero-order chi connectivity index (χ0) is 11.1. The predicted molar refractivity (Wildman–Crippen MR) is 41.4 cm³/mol. The van der Waals surface area contributed by atoms with Crippen molar-refractivity contribution in [2.45, 2.75) is 6.18 Å². The van der Waals surface area contributed by atoms with Gasteiger partial charge in [0.25, 0.3) is 0 Å². The van der Waals surface area contributed by atoms with E-state index in [-0.39, 0.29) is 11.4 Å². The quantitative estimate of drug-likeness (QED) is 0.761. The Kier molecular flexibility index (Phi) is 1.95. The summed E-state index contributed by atoms with van der Waals surface area (Å²) in [6.07, 6.45) is -3.34. The van der Waals surface area contributed by atoms with Crippen molar-refractivity contribution in [2.75, 3.05) is 0 Å². The average molecular weight is 218 g/mol. The van der Waals surface area contributed by atoms with Crippen LogP contribution in [0.25, 0.3) is 11.4 Å². The van der Waals surface area contributed by atoms with Crippen LogP contribution in [0.5, 0.6) is 0 Å². The van der Waals surface area contributed by atoms with Crippen LogP contribution in [0.3, 0.4) is 0 Å². The molecule has 0 saturated carbocycles. The number of aryl methyl sites for hydroxylation is 1. The van der Waals surface area contributed by atoms with E-state index in [2.05, 4.69) is 25.7 Å². The minimum absolute atomic E-state index is 0.129. The van der Waals surface area contributed by atoms with Crippen molar-refractivity contribution in [3.05, 3.63) is 11.9 Å². The first kappa shape index (κ1) is 9.62. The Morgan fingerprint density at radius 1 is 1.40 bits per heavy atom. The molecule has 6 nitrogen and oxygen atoms in total. The SMILES string of the molecule is Cn1cc(-c2nn[nH]n2)c(C(F)(F)F)n1. The molecule has 0 spiro atoms. The van der Waals surface area contributed by atoms with Gasteiger partial charge in [-0.15, -0.1) is 10.2 Å². The first-order valence-corrected chi connectivity index (χ1v) is 3.83. The lowest BCUT2D eigenvalue weighted by atomic mass is 10.2. The molecule has 2 aromatic rings. The molecule has 2 rings (SSSR count). The van der Waals surface area contributed by atoms with Crippen LogP contribution in [0, 0.1) is 0 Å². The Balaban J connectivity index is 2.57. The van der Waals surface area contributed by atoms with Gasteiger partial charge in [-0.3, -0.25) is 4.68 Å². The summed E-state index contributed by atoms with van der Waals surface area (Å²) in [7, 11) is 1.39. The third kappa shape index (κ3) is 1.67. The highest BCUT2D eigenvalue weighted by Crippen LogP contribution is 2.34. The van der Waals surface area contributed by atoms with Crippen LogP contribution < -0.4 is 0 Å². The van der Waals surface area contributed by atoms with E-state index >= 15 is 0 Å². The number of nitrogens with one attached hydrogen (secondary N) is 1. The van der Waals surface area contributed by atoms with Crippen LogP contribution in [0.15, 0.2) is 6.20 Å². The van der Waals surface area contributed by atoms with E-state index in [1.165, 1.54) is 13.2 Å². The lowest BCUT2D eigenvalue weighted by molar-refractivity contribution is -0.141. The maximum absolute atomic E-state index is 12.5. The summed E-state index contributed by atoms with van der Waals surface area (Å²) >= 11 is 0. The molecule has 0 radical (unpaired) electrons. The van der Waals surface area contributed by atoms with Gasteiger partial charge in [0.2, 0.25) is 5.82 Å². The molecule has 0 unspecified atom stereocenters. The molecule has 0 aromatic carbocycles. The molecule has 2 aromatic heterocycles. The van der Waals surface area contributed by atoms with Crippen molar-refractivity contribution in [3.63, 3.8) is 0 Å². The van der Waals surface area contributed by atoms with Crippen LogP contribution in [0.1, 0.15) is 5.69 Å². The number of halogens is 3. The second-order valence-electron chi connectivity index (χ2n) is 2.80.